The van der Waals surface area contributed by atoms with Crippen LogP contribution in [0.4, 0.5) is 5.69 Å². The molecule has 0 aliphatic heterocycles. The van der Waals surface area contributed by atoms with E-state index in [2.05, 4.69) is 9.71 Å². The van der Waals surface area contributed by atoms with E-state index in [1.54, 1.807) is 12.1 Å². The molecule has 0 unspecified atom stereocenters. The summed E-state index contributed by atoms with van der Waals surface area (Å²) < 4.78 is 27.3. The van der Waals surface area contributed by atoms with Gasteiger partial charge in [0.15, 0.2) is 0 Å². The first kappa shape index (κ1) is 14.5. The average Bonchev–Trinajstić information content (AvgIpc) is 2.47. The topological polar surface area (TPSA) is 85.1 Å². The highest BCUT2D eigenvalue weighted by molar-refractivity contribution is 7.92. The summed E-state index contributed by atoms with van der Waals surface area (Å²) in [6.45, 7) is 2.09. The molecule has 0 aliphatic carbocycles. The first-order valence-electron chi connectivity index (χ1n) is 6.32. The SMILES string of the molecule is CCc1cccc(NS(=O)(=O)c2cccnc2CN)c1. The van der Waals surface area contributed by atoms with E-state index >= 15 is 0 Å². The highest BCUT2D eigenvalue weighted by Crippen LogP contribution is 2.19. The molecule has 1 aromatic carbocycles. The van der Waals surface area contributed by atoms with Gasteiger partial charge in [-0.15, -0.1) is 0 Å². The molecule has 3 N–H and O–H groups in total. The predicted octanol–water partition coefficient (Wildman–Crippen LogP) is 1.90. The summed E-state index contributed by atoms with van der Waals surface area (Å²) >= 11 is 0. The summed E-state index contributed by atoms with van der Waals surface area (Å²) in [7, 11) is -3.67. The third-order valence-corrected chi connectivity index (χ3v) is 4.37. The number of nitrogens with two attached hydrogens (primary N) is 1. The maximum absolute atomic E-state index is 12.4. The average molecular weight is 291 g/mol. The van der Waals surface area contributed by atoms with Crippen LogP contribution in [0.3, 0.4) is 0 Å². The molecule has 1 heterocycles. The lowest BCUT2D eigenvalue weighted by Crippen LogP contribution is -2.17. The summed E-state index contributed by atoms with van der Waals surface area (Å²) in [6, 6.07) is 10.4. The van der Waals surface area contributed by atoms with Crippen LogP contribution in [-0.2, 0) is 23.0 Å². The van der Waals surface area contributed by atoms with Crippen LogP contribution in [0, 0.1) is 0 Å². The van der Waals surface area contributed by atoms with Crippen LogP contribution in [0.1, 0.15) is 18.2 Å². The highest BCUT2D eigenvalue weighted by Gasteiger charge is 2.18. The Morgan fingerprint density at radius 3 is 2.75 bits per heavy atom. The number of benzene rings is 1. The van der Waals surface area contributed by atoms with E-state index < -0.39 is 10.0 Å². The summed E-state index contributed by atoms with van der Waals surface area (Å²) in [4.78, 5) is 4.11. The number of anilines is 1. The minimum absolute atomic E-state index is 0.0755. The van der Waals surface area contributed by atoms with Crippen molar-refractivity contribution in [3.63, 3.8) is 0 Å². The predicted molar refractivity (Wildman–Crippen MR) is 78.8 cm³/mol. The molecule has 6 heteroatoms. The van der Waals surface area contributed by atoms with Crippen LogP contribution in [0.15, 0.2) is 47.5 Å². The number of nitrogens with one attached hydrogen (secondary N) is 1. The van der Waals surface area contributed by atoms with Crippen molar-refractivity contribution in [3.8, 4) is 0 Å². The van der Waals surface area contributed by atoms with Gasteiger partial charge in [0.2, 0.25) is 0 Å². The Balaban J connectivity index is 2.35. The number of nitrogens with zero attached hydrogens (tertiary/aromatic N) is 1. The summed E-state index contributed by atoms with van der Waals surface area (Å²) in [6.07, 6.45) is 2.37. The molecule has 0 atom stereocenters. The Morgan fingerprint density at radius 2 is 2.05 bits per heavy atom. The van der Waals surface area contributed by atoms with Crippen LogP contribution in [0.2, 0.25) is 0 Å². The second-order valence-electron chi connectivity index (χ2n) is 4.31. The van der Waals surface area contributed by atoms with Crippen LogP contribution in [-0.4, -0.2) is 13.4 Å². The summed E-state index contributed by atoms with van der Waals surface area (Å²) in [5, 5.41) is 0. The molecule has 20 heavy (non-hydrogen) atoms. The lowest BCUT2D eigenvalue weighted by molar-refractivity contribution is 0.599. The molecular weight excluding hydrogens is 274 g/mol. The molecule has 1 aromatic heterocycles. The van der Waals surface area contributed by atoms with Gasteiger partial charge in [0, 0.05) is 18.4 Å². The van der Waals surface area contributed by atoms with E-state index in [0.717, 1.165) is 12.0 Å². The zero-order chi connectivity index (χ0) is 14.6. The third kappa shape index (κ3) is 3.15. The maximum atomic E-state index is 12.4. The zero-order valence-corrected chi connectivity index (χ0v) is 12.0. The smallest absolute Gasteiger partial charge is 0.263 e. The third-order valence-electron chi connectivity index (χ3n) is 2.92. The van der Waals surface area contributed by atoms with E-state index in [0.29, 0.717) is 11.4 Å². The van der Waals surface area contributed by atoms with Gasteiger partial charge in [0.05, 0.1) is 5.69 Å². The molecule has 0 radical (unpaired) electrons. The van der Waals surface area contributed by atoms with Crippen molar-refractivity contribution in [1.82, 2.24) is 4.98 Å². The Bertz CT molecular complexity index is 699. The van der Waals surface area contributed by atoms with E-state index in [-0.39, 0.29) is 11.4 Å². The Kier molecular flexibility index (Phi) is 4.36. The van der Waals surface area contributed by atoms with Gasteiger partial charge in [-0.25, -0.2) is 8.42 Å². The highest BCUT2D eigenvalue weighted by atomic mass is 32.2. The largest absolute Gasteiger partial charge is 0.325 e. The summed E-state index contributed by atoms with van der Waals surface area (Å²) in [5.74, 6) is 0. The molecule has 0 fully saturated rings. The Hall–Kier alpha value is -1.92. The first-order chi connectivity index (χ1) is 9.56. The van der Waals surface area contributed by atoms with Gasteiger partial charge in [-0.2, -0.15) is 0 Å². The minimum Gasteiger partial charge on any atom is -0.325 e. The molecular formula is C14H17N3O2S. The second kappa shape index (κ2) is 6.02. The Labute approximate surface area is 118 Å². The Morgan fingerprint density at radius 1 is 1.25 bits per heavy atom. The first-order valence-corrected chi connectivity index (χ1v) is 7.81. The van der Waals surface area contributed by atoms with Gasteiger partial charge in [0.1, 0.15) is 4.90 Å². The zero-order valence-electron chi connectivity index (χ0n) is 11.2. The van der Waals surface area contributed by atoms with Crippen molar-refractivity contribution in [3.05, 3.63) is 53.9 Å². The fourth-order valence-electron chi connectivity index (χ4n) is 1.89. The van der Waals surface area contributed by atoms with Crippen molar-refractivity contribution in [1.29, 1.82) is 0 Å². The van der Waals surface area contributed by atoms with Gasteiger partial charge >= 0.3 is 0 Å². The minimum atomic E-state index is -3.67. The molecule has 2 rings (SSSR count). The van der Waals surface area contributed by atoms with E-state index in [1.165, 1.54) is 12.3 Å². The molecule has 0 amide bonds. The number of pyridine rings is 1. The van der Waals surface area contributed by atoms with Crippen LogP contribution in [0.5, 0.6) is 0 Å². The van der Waals surface area contributed by atoms with Gasteiger partial charge < -0.3 is 5.73 Å². The molecule has 0 saturated heterocycles. The molecule has 106 valence electrons. The van der Waals surface area contributed by atoms with Crippen LogP contribution < -0.4 is 10.5 Å². The molecule has 0 saturated carbocycles. The molecule has 0 aliphatic rings. The number of aromatic nitrogens is 1. The number of hydrogen-bond donors (Lipinski definition) is 2. The molecule has 0 spiro atoms. The van der Waals surface area contributed by atoms with Crippen molar-refractivity contribution < 1.29 is 8.42 Å². The van der Waals surface area contributed by atoms with Crippen molar-refractivity contribution in [2.75, 3.05) is 4.72 Å². The standard InChI is InChI=1S/C14H17N3O2S/c1-2-11-5-3-6-12(9-11)17-20(18,19)14-7-4-8-16-13(14)10-15/h3-9,17H,2,10,15H2,1H3. The number of sulfonamides is 1. The maximum Gasteiger partial charge on any atom is 0.263 e. The lowest BCUT2D eigenvalue weighted by Gasteiger charge is -2.11. The monoisotopic (exact) mass is 291 g/mol. The molecule has 2 aromatic rings. The number of aryl methyl sites for hydroxylation is 1. The van der Waals surface area contributed by atoms with E-state index in [9.17, 15) is 8.42 Å². The fourth-order valence-corrected chi connectivity index (χ4v) is 3.14. The van der Waals surface area contributed by atoms with Gasteiger partial charge in [-0.1, -0.05) is 19.1 Å². The van der Waals surface area contributed by atoms with E-state index in [4.69, 9.17) is 5.73 Å². The van der Waals surface area contributed by atoms with Crippen molar-refractivity contribution >= 4 is 15.7 Å². The van der Waals surface area contributed by atoms with Gasteiger partial charge in [0.25, 0.3) is 10.0 Å². The number of hydrogen-bond acceptors (Lipinski definition) is 4. The van der Waals surface area contributed by atoms with E-state index in [1.807, 2.05) is 25.1 Å². The second-order valence-corrected chi connectivity index (χ2v) is 5.96. The van der Waals surface area contributed by atoms with Crippen LogP contribution >= 0.6 is 0 Å². The lowest BCUT2D eigenvalue weighted by atomic mass is 10.1. The summed E-state index contributed by atoms with van der Waals surface area (Å²) in [5.41, 5.74) is 7.49. The number of rotatable bonds is 5. The molecule has 0 bridgehead atoms. The van der Waals surface area contributed by atoms with Gasteiger partial charge in [-0.3, -0.25) is 9.71 Å². The fraction of sp³-hybridized carbons (Fsp3) is 0.214. The molecule has 5 nitrogen and oxygen atoms in total. The normalized spacial score (nSPS) is 11.3. The quantitative estimate of drug-likeness (QED) is 0.881. The van der Waals surface area contributed by atoms with Gasteiger partial charge in [-0.05, 0) is 36.2 Å². The van der Waals surface area contributed by atoms with Crippen molar-refractivity contribution in [2.24, 2.45) is 5.73 Å². The van der Waals surface area contributed by atoms with Crippen LogP contribution in [0.25, 0.3) is 0 Å². The van der Waals surface area contributed by atoms with Crippen molar-refractivity contribution in [2.45, 2.75) is 24.8 Å².